The monoisotopic (exact) mass is 344 g/mol. The van der Waals surface area contributed by atoms with Gasteiger partial charge < -0.3 is 10.2 Å². The number of hydrogen-bond acceptors (Lipinski definition) is 4. The van der Waals surface area contributed by atoms with Crippen molar-refractivity contribution in [2.24, 2.45) is 0 Å². The predicted octanol–water partition coefficient (Wildman–Crippen LogP) is 2.73. The van der Waals surface area contributed by atoms with Gasteiger partial charge in [0.25, 0.3) is 5.56 Å². The van der Waals surface area contributed by atoms with Crippen LogP contribution in [0.15, 0.2) is 15.5 Å². The standard InChI is InChI=1S/C14H25BrN4O/c1-5-18(6-2)9-7-8-16-12-10-17-19(11(3)4)14(20)13(12)15/h10-11,16H,5-9H2,1-4H3. The Morgan fingerprint density at radius 2 is 2.05 bits per heavy atom. The molecule has 0 aromatic carbocycles. The van der Waals surface area contributed by atoms with Crippen molar-refractivity contribution >= 4 is 21.6 Å². The lowest BCUT2D eigenvalue weighted by Crippen LogP contribution is -2.27. The Morgan fingerprint density at radius 3 is 2.60 bits per heavy atom. The van der Waals surface area contributed by atoms with Gasteiger partial charge in [-0.3, -0.25) is 4.79 Å². The van der Waals surface area contributed by atoms with E-state index in [1.54, 1.807) is 6.20 Å². The molecule has 1 heterocycles. The van der Waals surface area contributed by atoms with Gasteiger partial charge in [-0.2, -0.15) is 5.10 Å². The fourth-order valence-corrected chi connectivity index (χ4v) is 2.43. The number of aromatic nitrogens is 2. The maximum absolute atomic E-state index is 12.1. The molecule has 0 saturated carbocycles. The summed E-state index contributed by atoms with van der Waals surface area (Å²) >= 11 is 3.36. The molecule has 5 nitrogen and oxygen atoms in total. The van der Waals surface area contributed by atoms with Crippen LogP contribution in [0, 0.1) is 0 Å². The third-order valence-electron chi connectivity index (χ3n) is 3.29. The largest absolute Gasteiger partial charge is 0.383 e. The highest BCUT2D eigenvalue weighted by molar-refractivity contribution is 9.10. The highest BCUT2D eigenvalue weighted by atomic mass is 79.9. The zero-order valence-electron chi connectivity index (χ0n) is 12.8. The molecule has 0 spiro atoms. The minimum atomic E-state index is -0.0891. The zero-order valence-corrected chi connectivity index (χ0v) is 14.4. The van der Waals surface area contributed by atoms with E-state index in [0.29, 0.717) is 4.47 Å². The van der Waals surface area contributed by atoms with E-state index in [-0.39, 0.29) is 11.6 Å². The minimum absolute atomic E-state index is 0.0653. The van der Waals surface area contributed by atoms with Crippen molar-refractivity contribution in [3.8, 4) is 0 Å². The van der Waals surface area contributed by atoms with Gasteiger partial charge in [0.1, 0.15) is 4.47 Å². The van der Waals surface area contributed by atoms with E-state index in [2.05, 4.69) is 45.1 Å². The second-order valence-corrected chi connectivity index (χ2v) is 5.82. The van der Waals surface area contributed by atoms with Gasteiger partial charge in [0, 0.05) is 6.54 Å². The van der Waals surface area contributed by atoms with E-state index in [9.17, 15) is 4.79 Å². The van der Waals surface area contributed by atoms with E-state index in [1.807, 2.05) is 13.8 Å². The molecule has 0 saturated heterocycles. The quantitative estimate of drug-likeness (QED) is 0.736. The second-order valence-electron chi connectivity index (χ2n) is 5.02. The van der Waals surface area contributed by atoms with Gasteiger partial charge in [-0.05, 0) is 55.8 Å². The van der Waals surface area contributed by atoms with Crippen LogP contribution in [0.1, 0.15) is 40.2 Å². The van der Waals surface area contributed by atoms with Crippen LogP contribution in [0.2, 0.25) is 0 Å². The third kappa shape index (κ3) is 4.59. The SMILES string of the molecule is CCN(CC)CCCNc1cnn(C(C)C)c(=O)c1Br. The van der Waals surface area contributed by atoms with Crippen molar-refractivity contribution in [3.63, 3.8) is 0 Å². The third-order valence-corrected chi connectivity index (χ3v) is 4.06. The Labute approximate surface area is 129 Å². The molecule has 0 bridgehead atoms. The summed E-state index contributed by atoms with van der Waals surface area (Å²) in [5.74, 6) is 0. The van der Waals surface area contributed by atoms with Crippen LogP contribution in [0.5, 0.6) is 0 Å². The lowest BCUT2D eigenvalue weighted by atomic mass is 10.3. The van der Waals surface area contributed by atoms with E-state index >= 15 is 0 Å². The van der Waals surface area contributed by atoms with Gasteiger partial charge >= 0.3 is 0 Å². The first kappa shape index (κ1) is 17.2. The van der Waals surface area contributed by atoms with Gasteiger partial charge in [0.05, 0.1) is 17.9 Å². The average molecular weight is 345 g/mol. The van der Waals surface area contributed by atoms with Crippen LogP contribution in [-0.2, 0) is 0 Å². The summed E-state index contributed by atoms with van der Waals surface area (Å²) in [4.78, 5) is 14.5. The molecule has 1 rings (SSSR count). The topological polar surface area (TPSA) is 50.2 Å². The number of hydrogen-bond donors (Lipinski definition) is 1. The molecule has 114 valence electrons. The number of rotatable bonds is 8. The van der Waals surface area contributed by atoms with Crippen molar-refractivity contribution in [1.29, 1.82) is 0 Å². The van der Waals surface area contributed by atoms with Crippen LogP contribution < -0.4 is 10.9 Å². The second kappa shape index (κ2) is 8.42. The average Bonchev–Trinajstić information content (AvgIpc) is 2.43. The molecule has 0 amide bonds. The first-order valence-electron chi connectivity index (χ1n) is 7.24. The number of nitrogens with zero attached hydrogens (tertiary/aromatic N) is 3. The van der Waals surface area contributed by atoms with Crippen molar-refractivity contribution < 1.29 is 0 Å². The molecule has 6 heteroatoms. The molecule has 0 aliphatic carbocycles. The lowest BCUT2D eigenvalue weighted by Gasteiger charge is -2.18. The number of halogens is 1. The summed E-state index contributed by atoms with van der Waals surface area (Å²) in [6.45, 7) is 12.3. The predicted molar refractivity (Wildman–Crippen MR) is 87.5 cm³/mol. The van der Waals surface area contributed by atoms with E-state index in [0.717, 1.165) is 38.3 Å². The van der Waals surface area contributed by atoms with Crippen LogP contribution in [0.25, 0.3) is 0 Å². The summed E-state index contributed by atoms with van der Waals surface area (Å²) in [5.41, 5.74) is 0.681. The molecular formula is C14H25BrN4O. The molecule has 1 aromatic heterocycles. The smallest absolute Gasteiger partial charge is 0.283 e. The lowest BCUT2D eigenvalue weighted by molar-refractivity contribution is 0.303. The van der Waals surface area contributed by atoms with Gasteiger partial charge in [0.15, 0.2) is 0 Å². The van der Waals surface area contributed by atoms with Gasteiger partial charge in [0.2, 0.25) is 0 Å². The van der Waals surface area contributed by atoms with E-state index in [4.69, 9.17) is 0 Å². The molecule has 1 aromatic rings. The minimum Gasteiger partial charge on any atom is -0.383 e. The van der Waals surface area contributed by atoms with Crippen LogP contribution in [0.4, 0.5) is 5.69 Å². The van der Waals surface area contributed by atoms with Crippen LogP contribution in [0.3, 0.4) is 0 Å². The van der Waals surface area contributed by atoms with Gasteiger partial charge in [-0.15, -0.1) is 0 Å². The summed E-state index contributed by atoms with van der Waals surface area (Å²) in [6, 6.07) is 0.0653. The molecule has 1 N–H and O–H groups in total. The molecule has 0 aliphatic rings. The zero-order chi connectivity index (χ0) is 15.1. The first-order valence-corrected chi connectivity index (χ1v) is 8.04. The van der Waals surface area contributed by atoms with E-state index < -0.39 is 0 Å². The van der Waals surface area contributed by atoms with Crippen LogP contribution >= 0.6 is 15.9 Å². The summed E-state index contributed by atoms with van der Waals surface area (Å²) in [5, 5.41) is 7.46. The molecular weight excluding hydrogens is 320 g/mol. The van der Waals surface area contributed by atoms with Crippen molar-refractivity contribution in [2.45, 2.75) is 40.2 Å². The number of anilines is 1. The Hall–Kier alpha value is -0.880. The molecule has 0 aliphatic heterocycles. The highest BCUT2D eigenvalue weighted by Crippen LogP contribution is 2.17. The van der Waals surface area contributed by atoms with Gasteiger partial charge in [-0.1, -0.05) is 13.8 Å². The Kier molecular flexibility index (Phi) is 7.23. The molecule has 0 atom stereocenters. The van der Waals surface area contributed by atoms with Gasteiger partial charge in [-0.25, -0.2) is 4.68 Å². The Morgan fingerprint density at radius 1 is 1.40 bits per heavy atom. The fraction of sp³-hybridized carbons (Fsp3) is 0.714. The maximum atomic E-state index is 12.1. The van der Waals surface area contributed by atoms with Crippen molar-refractivity contribution in [3.05, 3.63) is 21.0 Å². The maximum Gasteiger partial charge on any atom is 0.283 e. The molecule has 20 heavy (non-hydrogen) atoms. The summed E-state index contributed by atoms with van der Waals surface area (Å²) in [6.07, 6.45) is 2.75. The number of nitrogens with one attached hydrogen (secondary N) is 1. The van der Waals surface area contributed by atoms with Crippen molar-refractivity contribution in [1.82, 2.24) is 14.7 Å². The van der Waals surface area contributed by atoms with Crippen molar-refractivity contribution in [2.75, 3.05) is 31.5 Å². The normalized spacial score (nSPS) is 11.3. The molecule has 0 fully saturated rings. The fourth-order valence-electron chi connectivity index (χ4n) is 2.00. The Balaban J connectivity index is 2.57. The Bertz CT molecular complexity index is 469. The highest BCUT2D eigenvalue weighted by Gasteiger charge is 2.10. The molecule has 0 unspecified atom stereocenters. The van der Waals surface area contributed by atoms with E-state index in [1.165, 1.54) is 4.68 Å². The summed E-state index contributed by atoms with van der Waals surface area (Å²) < 4.78 is 2.04. The van der Waals surface area contributed by atoms with Crippen LogP contribution in [-0.4, -0.2) is 40.9 Å². The molecule has 0 radical (unpaired) electrons. The summed E-state index contributed by atoms with van der Waals surface area (Å²) in [7, 11) is 0. The first-order chi connectivity index (χ1) is 9.51.